The van der Waals surface area contributed by atoms with E-state index in [1.54, 1.807) is 6.20 Å². The van der Waals surface area contributed by atoms with E-state index in [1.807, 2.05) is 56.6 Å². The van der Waals surface area contributed by atoms with Gasteiger partial charge in [-0.3, -0.25) is 9.58 Å². The molecule has 0 saturated carbocycles. The molecule has 4 rings (SSSR count). The Morgan fingerprint density at radius 2 is 2.00 bits per heavy atom. The van der Waals surface area contributed by atoms with Gasteiger partial charge < -0.3 is 15.4 Å². The molecule has 33 heavy (non-hydrogen) atoms. The van der Waals surface area contributed by atoms with Gasteiger partial charge >= 0.3 is 6.09 Å². The Kier molecular flexibility index (Phi) is 6.33. The highest BCUT2D eigenvalue weighted by Gasteiger charge is 2.17. The highest BCUT2D eigenvalue weighted by atomic mass is 16.6. The fraction of sp³-hybridized carbons (Fsp3) is 0.417. The molecule has 2 aromatic heterocycles. The molecule has 1 aliphatic rings. The van der Waals surface area contributed by atoms with Gasteiger partial charge in [0.15, 0.2) is 5.82 Å². The fourth-order valence-corrected chi connectivity index (χ4v) is 3.69. The first-order valence-corrected chi connectivity index (χ1v) is 11.1. The van der Waals surface area contributed by atoms with Gasteiger partial charge in [0.1, 0.15) is 5.60 Å². The van der Waals surface area contributed by atoms with Gasteiger partial charge in [-0.25, -0.2) is 14.8 Å². The second kappa shape index (κ2) is 9.19. The van der Waals surface area contributed by atoms with Gasteiger partial charge in [-0.2, -0.15) is 5.10 Å². The number of nitrogens with one attached hydrogen (secondary N) is 2. The van der Waals surface area contributed by atoms with Crippen molar-refractivity contribution in [2.45, 2.75) is 52.9 Å². The highest BCUT2D eigenvalue weighted by molar-refractivity contribution is 5.68. The number of fused-ring (bicyclic) bond motifs is 1. The second-order valence-corrected chi connectivity index (χ2v) is 9.37. The molecule has 0 aliphatic carbocycles. The van der Waals surface area contributed by atoms with E-state index in [4.69, 9.17) is 4.74 Å². The highest BCUT2D eigenvalue weighted by Crippen LogP contribution is 2.23. The summed E-state index contributed by atoms with van der Waals surface area (Å²) in [7, 11) is 2.11. The Morgan fingerprint density at radius 1 is 1.18 bits per heavy atom. The third kappa shape index (κ3) is 5.87. The molecular formula is C24H31N7O2. The summed E-state index contributed by atoms with van der Waals surface area (Å²) in [6, 6.07) is 9.98. The largest absolute Gasteiger partial charge is 0.444 e. The molecule has 2 N–H and O–H groups in total. The third-order valence-corrected chi connectivity index (χ3v) is 5.34. The summed E-state index contributed by atoms with van der Waals surface area (Å²) in [5.41, 5.74) is 4.52. The van der Waals surface area contributed by atoms with Crippen LogP contribution in [0.4, 0.5) is 16.6 Å². The molecule has 3 aromatic rings. The average Bonchev–Trinajstić information content (AvgIpc) is 3.13. The number of hydrogen-bond donors (Lipinski definition) is 2. The summed E-state index contributed by atoms with van der Waals surface area (Å²) >= 11 is 0. The molecule has 0 radical (unpaired) electrons. The quantitative estimate of drug-likeness (QED) is 0.610. The van der Waals surface area contributed by atoms with Gasteiger partial charge in [0.25, 0.3) is 0 Å². The number of amides is 1. The van der Waals surface area contributed by atoms with Crippen molar-refractivity contribution in [3.8, 4) is 11.3 Å². The molecule has 3 heterocycles. The molecular weight excluding hydrogens is 418 g/mol. The lowest BCUT2D eigenvalue weighted by atomic mass is 10.0. The first-order valence-electron chi connectivity index (χ1n) is 11.1. The number of ether oxygens (including phenoxy) is 1. The molecule has 9 heteroatoms. The summed E-state index contributed by atoms with van der Waals surface area (Å²) < 4.78 is 7.33. The Balaban J connectivity index is 1.44. The van der Waals surface area contributed by atoms with Crippen LogP contribution in [0.1, 0.15) is 37.6 Å². The zero-order valence-electron chi connectivity index (χ0n) is 19.8. The molecule has 1 amide bonds. The van der Waals surface area contributed by atoms with Crippen LogP contribution in [0.3, 0.4) is 0 Å². The lowest BCUT2D eigenvalue weighted by Crippen LogP contribution is -2.32. The van der Waals surface area contributed by atoms with Crippen LogP contribution in [0, 0.1) is 6.92 Å². The van der Waals surface area contributed by atoms with Crippen molar-refractivity contribution >= 4 is 17.9 Å². The summed E-state index contributed by atoms with van der Waals surface area (Å²) in [6.07, 6.45) is 1.31. The van der Waals surface area contributed by atoms with Crippen molar-refractivity contribution in [3.63, 3.8) is 0 Å². The zero-order valence-corrected chi connectivity index (χ0v) is 19.8. The van der Waals surface area contributed by atoms with Crippen LogP contribution >= 0.6 is 0 Å². The van der Waals surface area contributed by atoms with Crippen LogP contribution in [0.25, 0.3) is 11.3 Å². The van der Waals surface area contributed by atoms with E-state index in [9.17, 15) is 4.79 Å². The van der Waals surface area contributed by atoms with Crippen LogP contribution in [0.2, 0.25) is 0 Å². The SMILES string of the molecule is Cc1cc(-c2ccnc(Nc3cc4n(n3)CCN(C)C4)n2)ccc1CNC(=O)OC(C)(C)C. The lowest BCUT2D eigenvalue weighted by Gasteiger charge is -2.22. The maximum Gasteiger partial charge on any atom is 0.407 e. The normalized spacial score (nSPS) is 14.0. The molecule has 0 bridgehead atoms. The first kappa shape index (κ1) is 22.7. The third-order valence-electron chi connectivity index (χ3n) is 5.34. The van der Waals surface area contributed by atoms with E-state index in [-0.39, 0.29) is 0 Å². The number of likely N-dealkylation sites (N-methyl/N-ethyl adjacent to an activating group) is 1. The minimum Gasteiger partial charge on any atom is -0.444 e. The fourth-order valence-electron chi connectivity index (χ4n) is 3.69. The number of carbonyl (C=O) groups is 1. The van der Waals surface area contributed by atoms with Crippen LogP contribution in [0.5, 0.6) is 0 Å². The maximum absolute atomic E-state index is 11.9. The van der Waals surface area contributed by atoms with E-state index in [2.05, 4.69) is 43.7 Å². The lowest BCUT2D eigenvalue weighted by molar-refractivity contribution is 0.0523. The predicted octanol–water partition coefficient (Wildman–Crippen LogP) is 3.86. The van der Waals surface area contributed by atoms with Crippen molar-refractivity contribution < 1.29 is 9.53 Å². The molecule has 0 atom stereocenters. The number of benzene rings is 1. The van der Waals surface area contributed by atoms with Gasteiger partial charge in [0.2, 0.25) is 5.95 Å². The van der Waals surface area contributed by atoms with Gasteiger partial charge in [-0.1, -0.05) is 12.1 Å². The Morgan fingerprint density at radius 3 is 2.76 bits per heavy atom. The molecule has 9 nitrogen and oxygen atoms in total. The Labute approximate surface area is 194 Å². The van der Waals surface area contributed by atoms with Crippen LogP contribution in [0.15, 0.2) is 36.5 Å². The predicted molar refractivity (Wildman–Crippen MR) is 127 cm³/mol. The Bertz CT molecular complexity index is 1150. The molecule has 0 fully saturated rings. The number of carbonyl (C=O) groups excluding carboxylic acids is 1. The van der Waals surface area contributed by atoms with E-state index in [1.165, 1.54) is 5.69 Å². The van der Waals surface area contributed by atoms with E-state index in [0.717, 1.165) is 47.8 Å². The molecule has 0 saturated heterocycles. The molecule has 1 aliphatic heterocycles. The number of nitrogens with zero attached hydrogens (tertiary/aromatic N) is 5. The van der Waals surface area contributed by atoms with Crippen LogP contribution < -0.4 is 10.6 Å². The van der Waals surface area contributed by atoms with Crippen LogP contribution in [-0.2, 0) is 24.4 Å². The summed E-state index contributed by atoms with van der Waals surface area (Å²) in [5, 5.41) is 10.7. The van der Waals surface area contributed by atoms with Crippen molar-refractivity contribution in [3.05, 3.63) is 53.3 Å². The molecule has 174 valence electrons. The second-order valence-electron chi connectivity index (χ2n) is 9.37. The van der Waals surface area contributed by atoms with Crippen molar-refractivity contribution in [1.29, 1.82) is 0 Å². The van der Waals surface area contributed by atoms with E-state index < -0.39 is 11.7 Å². The number of rotatable bonds is 5. The number of alkyl carbamates (subject to hydrolysis) is 1. The molecule has 0 spiro atoms. The van der Waals surface area contributed by atoms with Crippen molar-refractivity contribution in [2.24, 2.45) is 0 Å². The van der Waals surface area contributed by atoms with Gasteiger partial charge in [-0.15, -0.1) is 0 Å². The average molecular weight is 450 g/mol. The van der Waals surface area contributed by atoms with E-state index >= 15 is 0 Å². The topological polar surface area (TPSA) is 97.2 Å². The van der Waals surface area contributed by atoms with E-state index in [0.29, 0.717) is 12.5 Å². The zero-order chi connectivity index (χ0) is 23.6. The number of aryl methyl sites for hydroxylation is 1. The number of anilines is 2. The molecule has 1 aromatic carbocycles. The monoisotopic (exact) mass is 449 g/mol. The van der Waals surface area contributed by atoms with Gasteiger partial charge in [0, 0.05) is 37.5 Å². The minimum absolute atomic E-state index is 0.401. The van der Waals surface area contributed by atoms with Gasteiger partial charge in [-0.05, 0) is 58.0 Å². The maximum atomic E-state index is 11.9. The molecule has 0 unspecified atom stereocenters. The van der Waals surface area contributed by atoms with Crippen LogP contribution in [-0.4, -0.2) is 49.9 Å². The number of aromatic nitrogens is 4. The van der Waals surface area contributed by atoms with Crippen molar-refractivity contribution in [1.82, 2.24) is 30.0 Å². The van der Waals surface area contributed by atoms with Gasteiger partial charge in [0.05, 0.1) is 17.9 Å². The first-order chi connectivity index (χ1) is 15.7. The summed E-state index contributed by atoms with van der Waals surface area (Å²) in [4.78, 5) is 23.2. The Hall–Kier alpha value is -3.46. The standard InChI is InChI=1S/C24H31N7O2/c1-16-12-17(6-7-18(16)14-26-23(32)33-24(2,3)4)20-8-9-25-22(27-20)28-21-13-19-15-30(5)10-11-31(19)29-21/h6-9,12-13H,10-11,14-15H2,1-5H3,(H,26,32)(H,25,27,28,29). The number of hydrogen-bond acceptors (Lipinski definition) is 7. The summed E-state index contributed by atoms with van der Waals surface area (Å²) in [6.45, 7) is 10.7. The minimum atomic E-state index is -0.520. The van der Waals surface area contributed by atoms with Crippen molar-refractivity contribution in [2.75, 3.05) is 18.9 Å². The summed E-state index contributed by atoms with van der Waals surface area (Å²) in [5.74, 6) is 1.25. The smallest absolute Gasteiger partial charge is 0.407 e.